The molecule has 0 saturated carbocycles. The molecule has 32 valence electrons. The van der Waals surface area contributed by atoms with E-state index in [1.54, 1.807) is 6.66 Å². The summed E-state index contributed by atoms with van der Waals surface area (Å²) in [6.07, 6.45) is 0. The number of nitrogens with one attached hydrogen (secondary N) is 1. The van der Waals surface area contributed by atoms with Crippen LogP contribution >= 0.6 is 30.0 Å². The third-order valence-corrected chi connectivity index (χ3v) is 0. The molecule has 0 aliphatic rings. The van der Waals surface area contributed by atoms with E-state index < -0.39 is 5.46 Å². The van der Waals surface area contributed by atoms with Gasteiger partial charge >= 0.3 is 0 Å². The van der Waals surface area contributed by atoms with Crippen molar-refractivity contribution in [3.63, 3.8) is 0 Å². The molecule has 5 heavy (non-hydrogen) atoms. The molecular weight excluding hydrogens is 121 g/mol. The van der Waals surface area contributed by atoms with E-state index in [0.29, 0.717) is 0 Å². The van der Waals surface area contributed by atoms with Crippen LogP contribution in [0.5, 0.6) is 0 Å². The molecule has 0 rings (SSSR count). The van der Waals surface area contributed by atoms with Gasteiger partial charge in [-0.05, 0) is 6.66 Å². The van der Waals surface area contributed by atoms with Gasteiger partial charge in [0.1, 0.15) is 0 Å². The SMILES string of the molecule is CP(=N)(S)S. The fraction of sp³-hybridized carbons (Fsp3) is 1.00. The van der Waals surface area contributed by atoms with Crippen LogP contribution in [0.3, 0.4) is 0 Å². The Balaban J connectivity index is 3.47. The van der Waals surface area contributed by atoms with Gasteiger partial charge in [0.15, 0.2) is 0 Å². The zero-order chi connectivity index (χ0) is 4.50. The maximum Gasteiger partial charge on any atom is 0.0620 e. The highest BCUT2D eigenvalue weighted by Crippen LogP contribution is 2.51. The van der Waals surface area contributed by atoms with Crippen molar-refractivity contribution in [1.82, 2.24) is 0 Å². The number of hydrogen-bond donors (Lipinski definition) is 3. The van der Waals surface area contributed by atoms with Crippen molar-refractivity contribution >= 4 is 30.0 Å². The Bertz CT molecular complexity index is 55.8. The average molecular weight is 127 g/mol. The minimum absolute atomic E-state index is 1.69. The summed E-state index contributed by atoms with van der Waals surface area (Å²) < 4.78 is 0. The van der Waals surface area contributed by atoms with Crippen molar-refractivity contribution in [3.8, 4) is 0 Å². The predicted molar refractivity (Wildman–Crippen MR) is 33.5 cm³/mol. The van der Waals surface area contributed by atoms with Gasteiger partial charge in [0.05, 0.1) is 5.46 Å². The first kappa shape index (κ1) is 5.93. The number of thiol groups is 2. The van der Waals surface area contributed by atoms with E-state index in [9.17, 15) is 0 Å². The highest BCUT2D eigenvalue weighted by Gasteiger charge is 1.85. The van der Waals surface area contributed by atoms with Gasteiger partial charge in [-0.3, -0.25) is 5.16 Å². The second-order valence-corrected chi connectivity index (χ2v) is 8.49. The molecule has 0 atom stereocenters. The predicted octanol–water partition coefficient (Wildman–Crippen LogP) is 2.09. The summed E-state index contributed by atoms with van der Waals surface area (Å²) in [6, 6.07) is 0. The van der Waals surface area contributed by atoms with Gasteiger partial charge in [-0.15, -0.1) is 24.5 Å². The molecule has 0 amide bonds. The molecule has 0 heterocycles. The normalized spacial score (nSPS) is 11.8. The van der Waals surface area contributed by atoms with Crippen LogP contribution in [0.2, 0.25) is 0 Å². The van der Waals surface area contributed by atoms with Gasteiger partial charge in [0, 0.05) is 0 Å². The van der Waals surface area contributed by atoms with Crippen LogP contribution < -0.4 is 0 Å². The lowest BCUT2D eigenvalue weighted by atomic mass is 12.0. The van der Waals surface area contributed by atoms with Crippen LogP contribution in [0.1, 0.15) is 0 Å². The summed E-state index contributed by atoms with van der Waals surface area (Å²) >= 11 is 7.53. The van der Waals surface area contributed by atoms with E-state index in [4.69, 9.17) is 5.16 Å². The zero-order valence-electron chi connectivity index (χ0n) is 2.84. The van der Waals surface area contributed by atoms with Crippen molar-refractivity contribution < 1.29 is 0 Å². The van der Waals surface area contributed by atoms with Crippen molar-refractivity contribution in [2.45, 2.75) is 0 Å². The first-order valence-electron chi connectivity index (χ1n) is 1.07. The molecule has 0 fully saturated rings. The van der Waals surface area contributed by atoms with E-state index >= 15 is 0 Å². The average Bonchev–Trinajstić information content (AvgIpc) is 0.722. The summed E-state index contributed by atoms with van der Waals surface area (Å²) in [6.45, 7) is 1.69. The number of hydrogen-bond acceptors (Lipinski definition) is 1. The summed E-state index contributed by atoms with van der Waals surface area (Å²) in [5.74, 6) is 0. The largest absolute Gasteiger partial charge is 0.298 e. The molecule has 0 saturated heterocycles. The van der Waals surface area contributed by atoms with E-state index in [1.807, 2.05) is 0 Å². The molecule has 0 aliphatic heterocycles. The Morgan fingerprint density at radius 2 is 1.60 bits per heavy atom. The monoisotopic (exact) mass is 127 g/mol. The minimum Gasteiger partial charge on any atom is -0.298 e. The van der Waals surface area contributed by atoms with Crippen molar-refractivity contribution in [2.75, 3.05) is 6.66 Å². The third kappa shape index (κ3) is 48.9. The topological polar surface area (TPSA) is 23.9 Å². The summed E-state index contributed by atoms with van der Waals surface area (Å²) in [7, 11) is 0. The minimum atomic E-state index is -1.75. The molecule has 0 unspecified atom stereocenters. The Labute approximate surface area is 42.3 Å². The summed E-state index contributed by atoms with van der Waals surface area (Å²) in [5, 5.41) is 6.78. The van der Waals surface area contributed by atoms with Crippen LogP contribution in [-0.4, -0.2) is 6.66 Å². The van der Waals surface area contributed by atoms with Gasteiger partial charge in [-0.25, -0.2) is 0 Å². The van der Waals surface area contributed by atoms with Crippen LogP contribution in [-0.2, 0) is 0 Å². The van der Waals surface area contributed by atoms with Crippen molar-refractivity contribution in [1.29, 1.82) is 5.16 Å². The molecule has 0 bridgehead atoms. The van der Waals surface area contributed by atoms with Gasteiger partial charge < -0.3 is 0 Å². The third-order valence-electron chi connectivity index (χ3n) is 0. The van der Waals surface area contributed by atoms with E-state index in [1.165, 1.54) is 0 Å². The second kappa shape index (κ2) is 1.59. The molecular formula is CH6NPS2. The lowest BCUT2D eigenvalue weighted by Crippen LogP contribution is -1.35. The summed E-state index contributed by atoms with van der Waals surface area (Å²) in [5.41, 5.74) is -1.75. The van der Waals surface area contributed by atoms with Crippen LogP contribution in [0, 0.1) is 5.16 Å². The Hall–Kier alpha value is 0.930. The van der Waals surface area contributed by atoms with Crippen LogP contribution in [0.25, 0.3) is 0 Å². The Morgan fingerprint density at radius 1 is 1.60 bits per heavy atom. The van der Waals surface area contributed by atoms with Gasteiger partial charge in [-0.1, -0.05) is 0 Å². The lowest BCUT2D eigenvalue weighted by molar-refractivity contribution is 1.63. The van der Waals surface area contributed by atoms with E-state index in [0.717, 1.165) is 0 Å². The first-order valence-corrected chi connectivity index (χ1v) is 5.61. The van der Waals surface area contributed by atoms with Gasteiger partial charge in [0.25, 0.3) is 0 Å². The molecule has 0 aromatic heterocycles. The standard InChI is InChI=1S/CH6NPS2/c1-3(2,4)5/h1H3,(H3,2,4,5). The quantitative estimate of drug-likeness (QED) is 0.328. The first-order chi connectivity index (χ1) is 2.00. The van der Waals surface area contributed by atoms with E-state index in [-0.39, 0.29) is 0 Å². The van der Waals surface area contributed by atoms with Crippen LogP contribution in [0.4, 0.5) is 0 Å². The lowest BCUT2D eigenvalue weighted by Gasteiger charge is -1.90. The van der Waals surface area contributed by atoms with Gasteiger partial charge in [-0.2, -0.15) is 0 Å². The van der Waals surface area contributed by atoms with E-state index in [2.05, 4.69) is 24.5 Å². The molecule has 4 heteroatoms. The Kier molecular flexibility index (Phi) is 1.88. The molecule has 1 nitrogen and oxygen atoms in total. The zero-order valence-corrected chi connectivity index (χ0v) is 5.52. The summed E-state index contributed by atoms with van der Waals surface area (Å²) in [4.78, 5) is 0. The fourth-order valence-corrected chi connectivity index (χ4v) is 0. The molecule has 0 aliphatic carbocycles. The molecule has 0 radical (unpaired) electrons. The van der Waals surface area contributed by atoms with Crippen molar-refractivity contribution in [2.24, 2.45) is 0 Å². The Morgan fingerprint density at radius 3 is 1.60 bits per heavy atom. The van der Waals surface area contributed by atoms with Crippen LogP contribution in [0.15, 0.2) is 0 Å². The molecule has 0 spiro atoms. The van der Waals surface area contributed by atoms with Gasteiger partial charge in [0.2, 0.25) is 0 Å². The molecule has 1 N–H and O–H groups in total. The number of rotatable bonds is 0. The molecule has 0 aromatic rings. The fourth-order valence-electron chi connectivity index (χ4n) is 0. The second-order valence-electron chi connectivity index (χ2n) is 0.913. The smallest absolute Gasteiger partial charge is 0.0620 e. The highest BCUT2D eigenvalue weighted by atomic mass is 33.1. The maximum absolute atomic E-state index is 6.78. The highest BCUT2D eigenvalue weighted by molar-refractivity contribution is 8.81. The van der Waals surface area contributed by atoms with Crippen molar-refractivity contribution in [3.05, 3.63) is 0 Å². The molecule has 0 aromatic carbocycles. The maximum atomic E-state index is 6.78.